The summed E-state index contributed by atoms with van der Waals surface area (Å²) in [7, 11) is 0. The lowest BCUT2D eigenvalue weighted by molar-refractivity contribution is 0.290. The molecule has 0 spiro atoms. The Morgan fingerprint density at radius 2 is 1.93 bits per heavy atom. The van der Waals surface area contributed by atoms with Crippen LogP contribution in [-0.2, 0) is 13.2 Å². The molecule has 4 rings (SSSR count). The van der Waals surface area contributed by atoms with E-state index >= 15 is 0 Å². The van der Waals surface area contributed by atoms with Crippen LogP contribution in [0.25, 0.3) is 5.57 Å². The van der Waals surface area contributed by atoms with Crippen molar-refractivity contribution in [2.45, 2.75) is 19.6 Å². The van der Waals surface area contributed by atoms with Crippen molar-refractivity contribution in [1.82, 2.24) is 25.5 Å². The normalized spacial score (nSPS) is 13.7. The molecule has 144 valence electrons. The molecule has 2 heterocycles. The third-order valence-electron chi connectivity index (χ3n) is 4.43. The smallest absolute Gasteiger partial charge is 0.202 e. The van der Waals surface area contributed by atoms with Gasteiger partial charge >= 0.3 is 0 Å². The Morgan fingerprint density at radius 1 is 1.11 bits per heavy atom. The first kappa shape index (κ1) is 18.7. The summed E-state index contributed by atoms with van der Waals surface area (Å²) in [5.41, 5.74) is 2.36. The Hall–Kier alpha value is -2.64. The SMILES string of the molecule is Fc1cc(Cl)ccc1COc1ccc(Cl)cc1CN1C=C(c2nn[nH]n2)CC1. The number of nitrogens with zero attached hydrogens (tertiary/aromatic N) is 4. The van der Waals surface area contributed by atoms with E-state index in [0.717, 1.165) is 24.1 Å². The van der Waals surface area contributed by atoms with Crippen LogP contribution in [0.1, 0.15) is 23.4 Å². The first-order valence-corrected chi connectivity index (χ1v) is 9.38. The van der Waals surface area contributed by atoms with E-state index in [0.29, 0.717) is 33.7 Å². The van der Waals surface area contributed by atoms with E-state index in [-0.39, 0.29) is 6.61 Å². The molecule has 0 fully saturated rings. The number of hydrogen-bond acceptors (Lipinski definition) is 5. The van der Waals surface area contributed by atoms with Crippen molar-refractivity contribution < 1.29 is 9.13 Å². The third kappa shape index (κ3) is 4.26. The number of aromatic nitrogens is 4. The minimum Gasteiger partial charge on any atom is -0.488 e. The number of ether oxygens (including phenoxy) is 1. The summed E-state index contributed by atoms with van der Waals surface area (Å²) in [5, 5.41) is 15.1. The van der Waals surface area contributed by atoms with Gasteiger partial charge < -0.3 is 9.64 Å². The van der Waals surface area contributed by atoms with E-state index in [1.165, 1.54) is 6.07 Å². The highest BCUT2D eigenvalue weighted by atomic mass is 35.5. The van der Waals surface area contributed by atoms with Crippen LogP contribution in [0.15, 0.2) is 42.6 Å². The molecular weight excluding hydrogens is 404 g/mol. The van der Waals surface area contributed by atoms with E-state index in [2.05, 4.69) is 25.5 Å². The van der Waals surface area contributed by atoms with Gasteiger partial charge in [-0.05, 0) is 42.0 Å². The molecule has 28 heavy (non-hydrogen) atoms. The highest BCUT2D eigenvalue weighted by molar-refractivity contribution is 6.30. The van der Waals surface area contributed by atoms with Crippen LogP contribution in [0.4, 0.5) is 4.39 Å². The number of benzene rings is 2. The van der Waals surface area contributed by atoms with Crippen molar-refractivity contribution in [2.24, 2.45) is 0 Å². The zero-order chi connectivity index (χ0) is 19.5. The van der Waals surface area contributed by atoms with Gasteiger partial charge in [0.05, 0.1) is 0 Å². The molecule has 0 unspecified atom stereocenters. The summed E-state index contributed by atoms with van der Waals surface area (Å²) in [6.07, 6.45) is 2.83. The summed E-state index contributed by atoms with van der Waals surface area (Å²) < 4.78 is 19.9. The molecule has 2 aromatic carbocycles. The fourth-order valence-electron chi connectivity index (χ4n) is 3.03. The molecule has 6 nitrogen and oxygen atoms in total. The maximum Gasteiger partial charge on any atom is 0.202 e. The Bertz CT molecular complexity index is 1010. The second-order valence-corrected chi connectivity index (χ2v) is 7.26. The number of tetrazole rings is 1. The molecule has 0 bridgehead atoms. The predicted molar refractivity (Wildman–Crippen MR) is 104 cm³/mol. The second kappa shape index (κ2) is 8.16. The maximum atomic E-state index is 14.0. The molecule has 3 aromatic rings. The van der Waals surface area contributed by atoms with Crippen molar-refractivity contribution in [3.8, 4) is 5.75 Å². The van der Waals surface area contributed by atoms with Gasteiger partial charge in [-0.3, -0.25) is 0 Å². The summed E-state index contributed by atoms with van der Waals surface area (Å²) in [4.78, 5) is 2.13. The lowest BCUT2D eigenvalue weighted by Crippen LogP contribution is -2.14. The summed E-state index contributed by atoms with van der Waals surface area (Å²) in [5.74, 6) is 0.860. The zero-order valence-electron chi connectivity index (χ0n) is 14.7. The number of aromatic amines is 1. The van der Waals surface area contributed by atoms with E-state index < -0.39 is 5.82 Å². The van der Waals surface area contributed by atoms with Gasteiger partial charge in [0.15, 0.2) is 0 Å². The van der Waals surface area contributed by atoms with Crippen molar-refractivity contribution in [1.29, 1.82) is 0 Å². The van der Waals surface area contributed by atoms with Crippen LogP contribution in [0, 0.1) is 5.82 Å². The number of halogens is 3. The van der Waals surface area contributed by atoms with Crippen molar-refractivity contribution in [3.63, 3.8) is 0 Å². The molecule has 1 aliphatic heterocycles. The van der Waals surface area contributed by atoms with Crippen molar-refractivity contribution in [3.05, 3.63) is 75.4 Å². The van der Waals surface area contributed by atoms with Crippen LogP contribution >= 0.6 is 23.2 Å². The van der Waals surface area contributed by atoms with Gasteiger partial charge in [0, 0.05) is 46.0 Å². The van der Waals surface area contributed by atoms with E-state index in [1.54, 1.807) is 24.3 Å². The lowest BCUT2D eigenvalue weighted by Gasteiger charge is -2.18. The number of rotatable bonds is 6. The standard InChI is InChI=1S/C19H16Cl2FN5O/c20-15-3-4-18(28-11-13-1-2-16(21)8-17(13)22)14(7-15)10-27-6-5-12(9-27)19-23-25-26-24-19/h1-4,7-9H,5-6,10-11H2,(H,23,24,25,26). The highest BCUT2D eigenvalue weighted by Gasteiger charge is 2.18. The van der Waals surface area contributed by atoms with E-state index in [9.17, 15) is 4.39 Å². The predicted octanol–water partition coefficient (Wildman–Crippen LogP) is 4.47. The molecule has 0 atom stereocenters. The minimum absolute atomic E-state index is 0.0988. The molecule has 0 saturated carbocycles. The number of nitrogens with one attached hydrogen (secondary N) is 1. The first-order valence-electron chi connectivity index (χ1n) is 8.62. The fraction of sp³-hybridized carbons (Fsp3) is 0.211. The largest absolute Gasteiger partial charge is 0.488 e. The molecule has 0 amide bonds. The Kier molecular flexibility index (Phi) is 5.45. The van der Waals surface area contributed by atoms with Gasteiger partial charge in [-0.1, -0.05) is 29.3 Å². The molecule has 0 aliphatic carbocycles. The second-order valence-electron chi connectivity index (χ2n) is 6.39. The van der Waals surface area contributed by atoms with Gasteiger partial charge in [0.25, 0.3) is 0 Å². The molecule has 1 N–H and O–H groups in total. The molecule has 0 saturated heterocycles. The Labute approximate surface area is 170 Å². The van der Waals surface area contributed by atoms with E-state index in [4.69, 9.17) is 27.9 Å². The number of H-pyrrole nitrogens is 1. The van der Waals surface area contributed by atoms with Crippen LogP contribution in [0.3, 0.4) is 0 Å². The lowest BCUT2D eigenvalue weighted by atomic mass is 10.2. The first-order chi connectivity index (χ1) is 13.6. The number of hydrogen-bond donors (Lipinski definition) is 1. The quantitative estimate of drug-likeness (QED) is 0.638. The van der Waals surface area contributed by atoms with Crippen LogP contribution in [0.2, 0.25) is 10.0 Å². The van der Waals surface area contributed by atoms with Gasteiger partial charge in [-0.2, -0.15) is 5.21 Å². The average molecular weight is 420 g/mol. The molecule has 9 heteroatoms. The highest BCUT2D eigenvalue weighted by Crippen LogP contribution is 2.29. The minimum atomic E-state index is -0.393. The van der Waals surface area contributed by atoms with Gasteiger partial charge in [-0.15, -0.1) is 10.2 Å². The Morgan fingerprint density at radius 3 is 2.71 bits per heavy atom. The zero-order valence-corrected chi connectivity index (χ0v) is 16.2. The van der Waals surface area contributed by atoms with Gasteiger partial charge in [-0.25, -0.2) is 4.39 Å². The molecular formula is C19H16Cl2FN5O. The van der Waals surface area contributed by atoms with Crippen LogP contribution < -0.4 is 4.74 Å². The summed E-state index contributed by atoms with van der Waals surface area (Å²) in [6.45, 7) is 1.52. The molecule has 0 radical (unpaired) electrons. The van der Waals surface area contributed by atoms with E-state index in [1.807, 2.05) is 12.3 Å². The maximum absolute atomic E-state index is 14.0. The summed E-state index contributed by atoms with van der Waals surface area (Å²) in [6, 6.07) is 9.94. The average Bonchev–Trinajstić information content (AvgIpc) is 3.34. The van der Waals surface area contributed by atoms with Crippen LogP contribution in [0.5, 0.6) is 5.75 Å². The van der Waals surface area contributed by atoms with Crippen molar-refractivity contribution >= 4 is 28.8 Å². The third-order valence-corrected chi connectivity index (χ3v) is 4.90. The summed E-state index contributed by atoms with van der Waals surface area (Å²) >= 11 is 12.0. The van der Waals surface area contributed by atoms with Crippen LogP contribution in [-0.4, -0.2) is 32.1 Å². The topological polar surface area (TPSA) is 66.9 Å². The van der Waals surface area contributed by atoms with Gasteiger partial charge in [0.2, 0.25) is 5.82 Å². The monoisotopic (exact) mass is 419 g/mol. The Balaban J connectivity index is 1.49. The van der Waals surface area contributed by atoms with Gasteiger partial charge in [0.1, 0.15) is 18.2 Å². The molecule has 1 aliphatic rings. The fourth-order valence-corrected chi connectivity index (χ4v) is 3.38. The van der Waals surface area contributed by atoms with Crippen molar-refractivity contribution in [2.75, 3.05) is 6.54 Å². The molecule has 1 aromatic heterocycles.